The van der Waals surface area contributed by atoms with E-state index in [1.165, 1.54) is 19.6 Å². The molecule has 4 aliphatic rings. The van der Waals surface area contributed by atoms with Gasteiger partial charge >= 0.3 is 5.97 Å². The molecule has 4 aliphatic heterocycles. The normalized spacial score (nSPS) is 39.0. The van der Waals surface area contributed by atoms with Gasteiger partial charge < -0.3 is 68.7 Å². The van der Waals surface area contributed by atoms with Crippen molar-refractivity contribution in [3.05, 3.63) is 53.4 Å². The number of nitrogens with zero attached hydrogens (tertiary/aromatic N) is 5. The van der Waals surface area contributed by atoms with E-state index in [-0.39, 0.29) is 37.3 Å². The van der Waals surface area contributed by atoms with E-state index in [1.54, 1.807) is 52.6 Å². The van der Waals surface area contributed by atoms with Gasteiger partial charge in [0.1, 0.15) is 42.7 Å². The monoisotopic (exact) mass is 1060 g/mol. The van der Waals surface area contributed by atoms with E-state index in [0.29, 0.717) is 38.0 Å². The van der Waals surface area contributed by atoms with Gasteiger partial charge in [0, 0.05) is 77.3 Å². The third-order valence-electron chi connectivity index (χ3n) is 17.1. The van der Waals surface area contributed by atoms with Gasteiger partial charge in [0.2, 0.25) is 0 Å². The third kappa shape index (κ3) is 14.6. The van der Waals surface area contributed by atoms with Crippen LogP contribution in [0.4, 0.5) is 4.39 Å². The number of rotatable bonds is 16. The quantitative estimate of drug-likeness (QED) is 0.133. The van der Waals surface area contributed by atoms with Gasteiger partial charge in [-0.1, -0.05) is 56.3 Å². The average molecular weight is 1060 g/mol. The summed E-state index contributed by atoms with van der Waals surface area (Å²) >= 11 is 0. The van der Waals surface area contributed by atoms with Crippen LogP contribution in [0.5, 0.6) is 0 Å². The zero-order valence-electron chi connectivity index (χ0n) is 47.4. The van der Waals surface area contributed by atoms with Gasteiger partial charge in [-0.05, 0) is 117 Å². The molecule has 0 spiro atoms. The number of alkyl halides is 1. The predicted octanol–water partition coefficient (Wildman–Crippen LogP) is 5.41. The van der Waals surface area contributed by atoms with Crippen LogP contribution in [0.25, 0.3) is 5.57 Å². The largest absolute Gasteiger partial charge is 0.459 e. The number of aliphatic hydroxyl groups excluding tert-OH is 2. The lowest BCUT2D eigenvalue weighted by molar-refractivity contribution is -0.308. The highest BCUT2D eigenvalue weighted by atomic mass is 19.1. The first-order chi connectivity index (χ1) is 35.4. The number of carbonyl (C=O) groups is 1. The first kappa shape index (κ1) is 61.2. The zero-order chi connectivity index (χ0) is 55.2. The predicted molar refractivity (Wildman–Crippen MR) is 282 cm³/mol. The Kier molecular flexibility index (Phi) is 21.5. The fourth-order valence-corrected chi connectivity index (χ4v) is 12.3. The Morgan fingerprint density at radius 3 is 2.31 bits per heavy atom. The van der Waals surface area contributed by atoms with Gasteiger partial charge in [-0.15, -0.1) is 5.10 Å². The van der Waals surface area contributed by atoms with Crippen LogP contribution >= 0.6 is 0 Å². The van der Waals surface area contributed by atoms with Crippen molar-refractivity contribution >= 4 is 11.5 Å². The molecule has 5 N–H and O–H groups in total. The van der Waals surface area contributed by atoms with Gasteiger partial charge in [0.25, 0.3) is 0 Å². The topological polar surface area (TPSA) is 212 Å². The smallest absolute Gasteiger partial charge is 0.311 e. The summed E-state index contributed by atoms with van der Waals surface area (Å²) in [6.07, 6.45) is -1.27. The number of halogens is 1. The minimum absolute atomic E-state index is 0.00754. The highest BCUT2D eigenvalue weighted by Gasteiger charge is 2.52. The van der Waals surface area contributed by atoms with Crippen molar-refractivity contribution in [2.75, 3.05) is 61.2 Å². The van der Waals surface area contributed by atoms with E-state index in [2.05, 4.69) is 38.7 Å². The van der Waals surface area contributed by atoms with E-state index < -0.39 is 109 Å². The number of nitrogens with one attached hydrogen (secondary N) is 1. The molecule has 1 unspecified atom stereocenters. The summed E-state index contributed by atoms with van der Waals surface area (Å²) in [5.74, 6) is -2.55. The Balaban J connectivity index is 1.23. The number of hydrogen-bond acceptors (Lipinski definition) is 17. The van der Waals surface area contributed by atoms with E-state index >= 15 is 0 Å². The van der Waals surface area contributed by atoms with Gasteiger partial charge in [0.05, 0.1) is 47.2 Å². The Labute approximate surface area is 445 Å². The number of esters is 1. The van der Waals surface area contributed by atoms with E-state index in [0.717, 1.165) is 30.6 Å². The lowest BCUT2D eigenvalue weighted by Gasteiger charge is -2.48. The summed E-state index contributed by atoms with van der Waals surface area (Å²) in [5.41, 5.74) is -0.379. The van der Waals surface area contributed by atoms with Crippen LogP contribution in [0, 0.1) is 17.8 Å². The van der Waals surface area contributed by atoms with Gasteiger partial charge in [-0.2, -0.15) is 0 Å². The number of carbonyl (C=O) groups excluding carboxylic acids is 1. The van der Waals surface area contributed by atoms with Crippen LogP contribution in [0.1, 0.15) is 137 Å². The van der Waals surface area contributed by atoms with Gasteiger partial charge in [0.15, 0.2) is 12.6 Å². The molecule has 6 rings (SSSR count). The third-order valence-corrected chi connectivity index (χ3v) is 17.1. The molecular weight excluding hydrogens is 968 g/mol. The molecule has 75 heavy (non-hydrogen) atoms. The number of aliphatic hydroxyl groups is 4. The number of hydrogen-bond donors (Lipinski definition) is 5. The molecule has 18 nitrogen and oxygen atoms in total. The molecule has 19 heteroatoms. The molecule has 0 aliphatic carbocycles. The maximum Gasteiger partial charge on any atom is 0.311 e. The summed E-state index contributed by atoms with van der Waals surface area (Å²) in [6.45, 7) is 20.1. The standard InChI is InChI=1S/C56H93FN6O12/c1-15-45-56(10,68)50(64)37(6)62(12)31-33(2)28-54(8,67)52(35(4)48(36(5)53(66)73-45)74-47-29-55(9,70-14)51(65)38(7)72-47)75-46-27-43(26-34(3)71-46)61(11)25-22-42-32-63(60-59-42)44(30-57)49(69-13)41-18-16-39(17-19-41)40-20-23-58-24-21-40/h16-20,32-38,43-52,58,64-65,67-68H,15,21-31H2,1-14H3/t33-,34-,35+,36-,37-,38+,43+,44-,45-,46+,47?,48+,49-,50-,51+,52-,54-,55-,56-/m1/s1. The lowest BCUT2D eigenvalue weighted by atomic mass is 9.77. The number of benzene rings is 1. The van der Waals surface area contributed by atoms with E-state index in [1.807, 2.05) is 58.8 Å². The van der Waals surface area contributed by atoms with Crippen molar-refractivity contribution in [3.8, 4) is 0 Å². The minimum atomic E-state index is -1.82. The van der Waals surface area contributed by atoms with E-state index in [4.69, 9.17) is 33.2 Å². The average Bonchev–Trinajstić information content (AvgIpc) is 3.86. The summed E-state index contributed by atoms with van der Waals surface area (Å²) in [4.78, 5) is 18.7. The summed E-state index contributed by atoms with van der Waals surface area (Å²) in [7, 11) is 7.02. The number of aromatic nitrogens is 3. The van der Waals surface area contributed by atoms with Crippen LogP contribution in [0.2, 0.25) is 0 Å². The zero-order valence-corrected chi connectivity index (χ0v) is 47.4. The fourth-order valence-electron chi connectivity index (χ4n) is 12.3. The second-order valence-electron chi connectivity index (χ2n) is 23.2. The number of methoxy groups -OCH3 is 2. The fraction of sp³-hybridized carbons (Fsp3) is 0.804. The van der Waals surface area contributed by atoms with Gasteiger partial charge in [-0.3, -0.25) is 4.79 Å². The van der Waals surface area contributed by atoms with Crippen molar-refractivity contribution in [1.29, 1.82) is 0 Å². The van der Waals surface area contributed by atoms with Crippen molar-refractivity contribution in [1.82, 2.24) is 30.1 Å². The lowest BCUT2D eigenvalue weighted by Crippen LogP contribution is -2.59. The molecule has 19 atom stereocenters. The molecule has 1 aromatic carbocycles. The van der Waals surface area contributed by atoms with Crippen LogP contribution in [0.15, 0.2) is 36.5 Å². The highest BCUT2D eigenvalue weighted by Crippen LogP contribution is 2.41. The minimum Gasteiger partial charge on any atom is -0.459 e. The van der Waals surface area contributed by atoms with Crippen LogP contribution in [-0.4, -0.2) is 197 Å². The Hall–Kier alpha value is -3.02. The summed E-state index contributed by atoms with van der Waals surface area (Å²) < 4.78 is 61.1. The molecule has 0 radical (unpaired) electrons. The van der Waals surface area contributed by atoms with Crippen LogP contribution in [0.3, 0.4) is 0 Å². The molecular formula is C56H93FN6O12. The second kappa shape index (κ2) is 26.3. The summed E-state index contributed by atoms with van der Waals surface area (Å²) in [6, 6.07) is 6.86. The van der Waals surface area contributed by atoms with Crippen molar-refractivity contribution < 1.29 is 62.8 Å². The Bertz CT molecular complexity index is 2130. The highest BCUT2D eigenvalue weighted by molar-refractivity contribution is 5.73. The van der Waals surface area contributed by atoms with Crippen LogP contribution < -0.4 is 5.32 Å². The van der Waals surface area contributed by atoms with Gasteiger partial charge in [-0.25, -0.2) is 9.07 Å². The molecule has 0 amide bonds. The molecule has 2 aromatic rings. The summed E-state index contributed by atoms with van der Waals surface area (Å²) in [5, 5.41) is 59.8. The molecule has 0 saturated carbocycles. The molecule has 5 heterocycles. The maximum absolute atomic E-state index is 14.9. The second-order valence-corrected chi connectivity index (χ2v) is 23.2. The van der Waals surface area contributed by atoms with Crippen molar-refractivity contribution in [2.45, 2.75) is 211 Å². The Morgan fingerprint density at radius 2 is 1.68 bits per heavy atom. The molecule has 1 aromatic heterocycles. The first-order valence-electron chi connectivity index (χ1n) is 27.5. The SMILES string of the molecule is CC[C@H]1OC(=O)[C@H](C)[C@@H](OC2C[C@@](C)(OC)[C@@H](O)[C@H](C)O2)[C@H](C)[C@@H](O[C@H]2C[C@@H](N(C)CCc3cn([C@H](CF)[C@H](OC)c4ccc(C5=CCNCC5)cc4)nn3)C[C@@H](C)O2)[C@](C)(O)C[C@@H](C)CN(C)[C@H](C)[C@@H](O)[C@]1(C)O. The Morgan fingerprint density at radius 1 is 0.973 bits per heavy atom. The first-order valence-corrected chi connectivity index (χ1v) is 27.5. The van der Waals surface area contributed by atoms with E-state index in [9.17, 15) is 29.6 Å². The molecule has 3 fully saturated rings. The van der Waals surface area contributed by atoms with Crippen LogP contribution in [-0.2, 0) is 44.4 Å². The molecule has 3 saturated heterocycles. The molecule has 0 bridgehead atoms. The maximum atomic E-state index is 14.9. The van der Waals surface area contributed by atoms with Crippen molar-refractivity contribution in [3.63, 3.8) is 0 Å². The number of likely N-dealkylation sites (N-methyl/N-ethyl adjacent to an activating group) is 2. The number of cyclic esters (lactones) is 1. The van der Waals surface area contributed by atoms with Crippen molar-refractivity contribution in [2.24, 2.45) is 17.8 Å². The number of ether oxygens (including phenoxy) is 7. The molecule has 426 valence electrons.